The molecule has 0 radical (unpaired) electrons. The number of allylic oxidation sites excluding steroid dienone is 1. The van der Waals surface area contributed by atoms with Gasteiger partial charge in [-0.05, 0) is 19.3 Å². The fourth-order valence-corrected chi connectivity index (χ4v) is 1.18. The molecule has 15 heavy (non-hydrogen) atoms. The quantitative estimate of drug-likeness (QED) is 0.364. The molecule has 3 nitrogen and oxygen atoms in total. The minimum absolute atomic E-state index is 0.243. The van der Waals surface area contributed by atoms with Crippen LogP contribution in [0.1, 0.15) is 45.4 Å². The summed E-state index contributed by atoms with van der Waals surface area (Å²) in [6.45, 7) is 2.76. The van der Waals surface area contributed by atoms with Crippen molar-refractivity contribution in [3.63, 3.8) is 0 Å². The number of carbonyl (C=O) groups excluding carboxylic acids is 1. The zero-order valence-electron chi connectivity index (χ0n) is 9.58. The van der Waals surface area contributed by atoms with Crippen LogP contribution in [-0.2, 0) is 9.53 Å². The predicted molar refractivity (Wildman–Crippen MR) is 60.6 cm³/mol. The van der Waals surface area contributed by atoms with Gasteiger partial charge < -0.3 is 9.84 Å². The number of hydrogen-bond donors (Lipinski definition) is 1. The van der Waals surface area contributed by atoms with E-state index < -0.39 is 0 Å². The molecule has 1 N–H and O–H groups in total. The Hall–Kier alpha value is -0.830. The maximum absolute atomic E-state index is 11.0. The van der Waals surface area contributed by atoms with Crippen LogP contribution >= 0.6 is 0 Å². The van der Waals surface area contributed by atoms with E-state index in [9.17, 15) is 4.79 Å². The van der Waals surface area contributed by atoms with Crippen molar-refractivity contribution in [3.05, 3.63) is 12.2 Å². The summed E-state index contributed by atoms with van der Waals surface area (Å²) in [4.78, 5) is 11.0. The number of aliphatic hydroxyl groups is 1. The molecule has 0 aromatic rings. The van der Waals surface area contributed by atoms with Crippen molar-refractivity contribution >= 4 is 5.97 Å². The summed E-state index contributed by atoms with van der Waals surface area (Å²) in [7, 11) is 0. The molecule has 0 heterocycles. The number of carbonyl (C=O) groups is 1. The third-order valence-electron chi connectivity index (χ3n) is 2.04. The lowest BCUT2D eigenvalue weighted by Crippen LogP contribution is -2.02. The maximum atomic E-state index is 11.0. The SMILES string of the molecule is CCC=CC(=O)OCCCCCCCO. The van der Waals surface area contributed by atoms with E-state index in [1.807, 2.05) is 6.92 Å². The van der Waals surface area contributed by atoms with E-state index in [0.717, 1.165) is 38.5 Å². The summed E-state index contributed by atoms with van der Waals surface area (Å²) in [6.07, 6.45) is 9.13. The van der Waals surface area contributed by atoms with E-state index >= 15 is 0 Å². The van der Waals surface area contributed by atoms with Gasteiger partial charge in [0.15, 0.2) is 0 Å². The van der Waals surface area contributed by atoms with Crippen molar-refractivity contribution in [2.45, 2.75) is 45.4 Å². The van der Waals surface area contributed by atoms with Crippen molar-refractivity contribution in [2.75, 3.05) is 13.2 Å². The number of unbranched alkanes of at least 4 members (excludes halogenated alkanes) is 4. The zero-order chi connectivity index (χ0) is 11.4. The van der Waals surface area contributed by atoms with E-state index in [4.69, 9.17) is 9.84 Å². The summed E-state index contributed by atoms with van der Waals surface area (Å²) in [5, 5.41) is 8.55. The topological polar surface area (TPSA) is 46.5 Å². The molecule has 0 fully saturated rings. The minimum atomic E-state index is -0.243. The third kappa shape index (κ3) is 11.1. The van der Waals surface area contributed by atoms with Gasteiger partial charge >= 0.3 is 5.97 Å². The van der Waals surface area contributed by atoms with Crippen molar-refractivity contribution in [1.29, 1.82) is 0 Å². The number of hydrogen-bond acceptors (Lipinski definition) is 3. The number of rotatable bonds is 9. The molecule has 0 aliphatic rings. The smallest absolute Gasteiger partial charge is 0.330 e. The number of aliphatic hydroxyl groups excluding tert-OH is 1. The summed E-state index contributed by atoms with van der Waals surface area (Å²) in [5.74, 6) is -0.243. The Balaban J connectivity index is 3.16. The Labute approximate surface area is 92.1 Å². The van der Waals surface area contributed by atoms with Gasteiger partial charge in [-0.2, -0.15) is 0 Å². The van der Waals surface area contributed by atoms with Crippen LogP contribution in [0.2, 0.25) is 0 Å². The summed E-state index contributed by atoms with van der Waals surface area (Å²) >= 11 is 0. The molecular formula is C12H22O3. The third-order valence-corrected chi connectivity index (χ3v) is 2.04. The van der Waals surface area contributed by atoms with E-state index in [1.54, 1.807) is 6.08 Å². The first-order chi connectivity index (χ1) is 7.31. The van der Waals surface area contributed by atoms with Crippen molar-refractivity contribution < 1.29 is 14.6 Å². The summed E-state index contributed by atoms with van der Waals surface area (Å²) in [6, 6.07) is 0. The molecule has 3 heteroatoms. The van der Waals surface area contributed by atoms with Gasteiger partial charge in [-0.3, -0.25) is 0 Å². The van der Waals surface area contributed by atoms with Gasteiger partial charge in [-0.25, -0.2) is 4.79 Å². The second-order valence-electron chi connectivity index (χ2n) is 3.47. The molecule has 0 saturated carbocycles. The molecule has 0 rings (SSSR count). The van der Waals surface area contributed by atoms with Crippen LogP contribution in [0.25, 0.3) is 0 Å². The van der Waals surface area contributed by atoms with Crippen LogP contribution in [0.3, 0.4) is 0 Å². The molecule has 0 aromatic carbocycles. The lowest BCUT2D eigenvalue weighted by molar-refractivity contribution is -0.137. The van der Waals surface area contributed by atoms with Gasteiger partial charge in [0.25, 0.3) is 0 Å². The Bertz CT molecular complexity index is 176. The molecule has 0 aliphatic heterocycles. The fourth-order valence-electron chi connectivity index (χ4n) is 1.18. The molecule has 0 atom stereocenters. The van der Waals surface area contributed by atoms with Crippen molar-refractivity contribution in [2.24, 2.45) is 0 Å². The first-order valence-corrected chi connectivity index (χ1v) is 5.75. The Morgan fingerprint density at radius 2 is 1.87 bits per heavy atom. The Morgan fingerprint density at radius 3 is 2.53 bits per heavy atom. The van der Waals surface area contributed by atoms with E-state index in [-0.39, 0.29) is 12.6 Å². The molecule has 0 aromatic heterocycles. The second-order valence-corrected chi connectivity index (χ2v) is 3.47. The van der Waals surface area contributed by atoms with Crippen molar-refractivity contribution in [3.8, 4) is 0 Å². The summed E-state index contributed by atoms with van der Waals surface area (Å²) in [5.41, 5.74) is 0. The van der Waals surface area contributed by atoms with Gasteiger partial charge in [0.05, 0.1) is 6.61 Å². The Kier molecular flexibility index (Phi) is 10.6. The van der Waals surface area contributed by atoms with Crippen LogP contribution in [0.15, 0.2) is 12.2 Å². The van der Waals surface area contributed by atoms with E-state index in [0.29, 0.717) is 6.61 Å². The van der Waals surface area contributed by atoms with Crippen LogP contribution < -0.4 is 0 Å². The highest BCUT2D eigenvalue weighted by Crippen LogP contribution is 2.02. The lowest BCUT2D eigenvalue weighted by Gasteiger charge is -2.01. The molecule has 0 spiro atoms. The lowest BCUT2D eigenvalue weighted by atomic mass is 10.1. The molecule has 0 saturated heterocycles. The van der Waals surface area contributed by atoms with E-state index in [2.05, 4.69) is 0 Å². The molecular weight excluding hydrogens is 192 g/mol. The minimum Gasteiger partial charge on any atom is -0.463 e. The molecule has 0 bridgehead atoms. The normalized spacial score (nSPS) is 10.8. The van der Waals surface area contributed by atoms with Gasteiger partial charge in [0.1, 0.15) is 0 Å². The highest BCUT2D eigenvalue weighted by atomic mass is 16.5. The zero-order valence-corrected chi connectivity index (χ0v) is 9.58. The number of ether oxygens (including phenoxy) is 1. The average Bonchev–Trinajstić information content (AvgIpc) is 2.25. The first-order valence-electron chi connectivity index (χ1n) is 5.75. The highest BCUT2D eigenvalue weighted by molar-refractivity contribution is 5.81. The molecule has 88 valence electrons. The van der Waals surface area contributed by atoms with Gasteiger partial charge in [0, 0.05) is 12.7 Å². The predicted octanol–water partition coefficient (Wildman–Crippen LogP) is 2.44. The first kappa shape index (κ1) is 14.2. The van der Waals surface area contributed by atoms with Gasteiger partial charge in [0.2, 0.25) is 0 Å². The van der Waals surface area contributed by atoms with Crippen LogP contribution in [-0.4, -0.2) is 24.3 Å². The largest absolute Gasteiger partial charge is 0.463 e. The average molecular weight is 214 g/mol. The van der Waals surface area contributed by atoms with Crippen molar-refractivity contribution in [1.82, 2.24) is 0 Å². The summed E-state index contributed by atoms with van der Waals surface area (Å²) < 4.78 is 4.98. The van der Waals surface area contributed by atoms with Crippen LogP contribution in [0.5, 0.6) is 0 Å². The monoisotopic (exact) mass is 214 g/mol. The van der Waals surface area contributed by atoms with Gasteiger partial charge in [-0.15, -0.1) is 0 Å². The molecule has 0 unspecified atom stereocenters. The second kappa shape index (κ2) is 11.2. The fraction of sp³-hybridized carbons (Fsp3) is 0.750. The Morgan fingerprint density at radius 1 is 1.20 bits per heavy atom. The molecule has 0 amide bonds. The number of esters is 1. The highest BCUT2D eigenvalue weighted by Gasteiger charge is 1.95. The standard InChI is InChI=1S/C12H22O3/c1-2-3-9-12(14)15-11-8-6-4-5-7-10-13/h3,9,13H,2,4-8,10-11H2,1H3. The van der Waals surface area contributed by atoms with Crippen LogP contribution in [0.4, 0.5) is 0 Å². The molecule has 0 aliphatic carbocycles. The van der Waals surface area contributed by atoms with Gasteiger partial charge in [-0.1, -0.05) is 32.3 Å². The van der Waals surface area contributed by atoms with E-state index in [1.165, 1.54) is 6.08 Å². The maximum Gasteiger partial charge on any atom is 0.330 e. The van der Waals surface area contributed by atoms with Crippen LogP contribution in [0, 0.1) is 0 Å².